The van der Waals surface area contributed by atoms with E-state index in [4.69, 9.17) is 14.2 Å². The predicted molar refractivity (Wildman–Crippen MR) is 122 cm³/mol. The van der Waals surface area contributed by atoms with E-state index in [-0.39, 0.29) is 0 Å². The summed E-state index contributed by atoms with van der Waals surface area (Å²) in [5.74, 6) is 0.884. The molecule has 0 saturated carbocycles. The summed E-state index contributed by atoms with van der Waals surface area (Å²) in [5.41, 5.74) is 2.47. The topological polar surface area (TPSA) is 39.7 Å². The average Bonchev–Trinajstić information content (AvgIpc) is 2.76. The summed E-state index contributed by atoms with van der Waals surface area (Å²) in [7, 11) is 1.92. The molecule has 0 aromatic heterocycles. The highest BCUT2D eigenvalue weighted by atomic mass is 16.5. The Morgan fingerprint density at radius 2 is 1.38 bits per heavy atom. The van der Waals surface area contributed by atoms with Gasteiger partial charge in [-0.15, -0.1) is 0 Å². The first kappa shape index (κ1) is 22.7. The first-order valence-electron chi connectivity index (χ1n) is 10.2. The number of benzene rings is 3. The summed E-state index contributed by atoms with van der Waals surface area (Å²) in [6, 6.07) is 22.7. The largest absolute Gasteiger partial charge is 0.491 e. The van der Waals surface area contributed by atoms with Crippen molar-refractivity contribution >= 4 is 16.5 Å². The van der Waals surface area contributed by atoms with Crippen LogP contribution in [0.5, 0.6) is 5.75 Å². The molecule has 0 atom stereocenters. The maximum absolute atomic E-state index is 5.68. The Morgan fingerprint density at radius 1 is 0.724 bits per heavy atom. The SMILES string of the molecule is CCCOCCOCCOc1ccc2ccccc2c1.CNc1ccc(C)cc1. The van der Waals surface area contributed by atoms with Crippen molar-refractivity contribution < 1.29 is 14.2 Å². The van der Waals surface area contributed by atoms with Gasteiger partial charge in [-0.2, -0.15) is 0 Å². The lowest BCUT2D eigenvalue weighted by Gasteiger charge is -2.08. The van der Waals surface area contributed by atoms with Gasteiger partial charge < -0.3 is 19.5 Å². The van der Waals surface area contributed by atoms with Crippen LogP contribution in [0.2, 0.25) is 0 Å². The predicted octanol–water partition coefficient (Wildman–Crippen LogP) is 5.70. The Bertz CT molecular complexity index is 818. The van der Waals surface area contributed by atoms with Gasteiger partial charge in [-0.05, 0) is 48.4 Å². The molecule has 4 heteroatoms. The first-order valence-corrected chi connectivity index (χ1v) is 10.2. The van der Waals surface area contributed by atoms with E-state index in [2.05, 4.69) is 67.7 Å². The van der Waals surface area contributed by atoms with Crippen molar-refractivity contribution in [3.63, 3.8) is 0 Å². The lowest BCUT2D eigenvalue weighted by Crippen LogP contribution is -2.11. The zero-order chi connectivity index (χ0) is 20.7. The summed E-state index contributed by atoms with van der Waals surface area (Å²) < 4.78 is 16.4. The van der Waals surface area contributed by atoms with Crippen molar-refractivity contribution in [2.24, 2.45) is 0 Å². The van der Waals surface area contributed by atoms with E-state index in [1.165, 1.54) is 22.0 Å². The number of hydrogen-bond donors (Lipinski definition) is 1. The van der Waals surface area contributed by atoms with Crippen LogP contribution in [0, 0.1) is 6.92 Å². The normalized spacial score (nSPS) is 10.3. The van der Waals surface area contributed by atoms with Crippen molar-refractivity contribution in [2.45, 2.75) is 20.3 Å². The molecule has 3 aromatic rings. The summed E-state index contributed by atoms with van der Waals surface area (Å²) >= 11 is 0. The van der Waals surface area contributed by atoms with Crippen LogP contribution in [-0.4, -0.2) is 40.1 Å². The highest BCUT2D eigenvalue weighted by molar-refractivity contribution is 5.83. The molecule has 0 radical (unpaired) electrons. The Hall–Kier alpha value is -2.56. The molecule has 0 aliphatic carbocycles. The van der Waals surface area contributed by atoms with E-state index in [9.17, 15) is 0 Å². The molecule has 1 N–H and O–H groups in total. The van der Waals surface area contributed by atoms with Crippen LogP contribution in [0.15, 0.2) is 66.7 Å². The van der Waals surface area contributed by atoms with Gasteiger partial charge in [0, 0.05) is 19.3 Å². The monoisotopic (exact) mass is 395 g/mol. The van der Waals surface area contributed by atoms with E-state index in [1.54, 1.807) is 0 Å². The lowest BCUT2D eigenvalue weighted by molar-refractivity contribution is 0.0366. The molecule has 0 amide bonds. The standard InChI is InChI=1S/C17H22O3.C8H11N/c1-2-9-18-10-11-19-12-13-20-17-8-7-15-5-3-4-6-16(15)14-17;1-7-3-5-8(9-2)6-4-7/h3-8,14H,2,9-13H2,1H3;3-6,9H,1-2H3. The minimum atomic E-state index is 0.562. The van der Waals surface area contributed by atoms with E-state index < -0.39 is 0 Å². The molecule has 29 heavy (non-hydrogen) atoms. The molecule has 0 spiro atoms. The highest BCUT2D eigenvalue weighted by Crippen LogP contribution is 2.20. The van der Waals surface area contributed by atoms with Crippen molar-refractivity contribution in [1.82, 2.24) is 0 Å². The van der Waals surface area contributed by atoms with Crippen molar-refractivity contribution in [1.29, 1.82) is 0 Å². The maximum atomic E-state index is 5.68. The van der Waals surface area contributed by atoms with E-state index >= 15 is 0 Å². The molecule has 0 aliphatic heterocycles. The number of fused-ring (bicyclic) bond motifs is 1. The minimum Gasteiger partial charge on any atom is -0.491 e. The van der Waals surface area contributed by atoms with Crippen LogP contribution in [0.4, 0.5) is 5.69 Å². The van der Waals surface area contributed by atoms with E-state index in [0.29, 0.717) is 26.4 Å². The van der Waals surface area contributed by atoms with Crippen LogP contribution in [0.3, 0.4) is 0 Å². The zero-order valence-electron chi connectivity index (χ0n) is 17.8. The quantitative estimate of drug-likeness (QED) is 0.447. The molecule has 0 saturated heterocycles. The molecule has 3 aromatic carbocycles. The van der Waals surface area contributed by atoms with Gasteiger partial charge in [-0.3, -0.25) is 0 Å². The Morgan fingerprint density at radius 3 is 2.07 bits per heavy atom. The second kappa shape index (κ2) is 13.6. The fraction of sp³-hybridized carbons (Fsp3) is 0.360. The number of rotatable bonds is 10. The number of anilines is 1. The van der Waals surface area contributed by atoms with Gasteiger partial charge in [-0.1, -0.05) is 55.0 Å². The first-order chi connectivity index (χ1) is 14.2. The van der Waals surface area contributed by atoms with Crippen LogP contribution in [-0.2, 0) is 9.47 Å². The second-order valence-corrected chi connectivity index (χ2v) is 6.70. The molecular weight excluding hydrogens is 362 g/mol. The van der Waals surface area contributed by atoms with Crippen LogP contribution >= 0.6 is 0 Å². The fourth-order valence-corrected chi connectivity index (χ4v) is 2.66. The third-order valence-corrected chi connectivity index (χ3v) is 4.28. The molecule has 0 bridgehead atoms. The van der Waals surface area contributed by atoms with Crippen molar-refractivity contribution in [3.05, 3.63) is 72.3 Å². The number of aryl methyl sites for hydroxylation is 1. The highest BCUT2D eigenvalue weighted by Gasteiger charge is 1.97. The van der Waals surface area contributed by atoms with Crippen LogP contribution in [0.25, 0.3) is 10.8 Å². The van der Waals surface area contributed by atoms with Gasteiger partial charge in [0.1, 0.15) is 12.4 Å². The van der Waals surface area contributed by atoms with Gasteiger partial charge in [0.2, 0.25) is 0 Å². The van der Waals surface area contributed by atoms with E-state index in [0.717, 1.165) is 18.8 Å². The average molecular weight is 396 g/mol. The summed E-state index contributed by atoms with van der Waals surface area (Å²) in [6.45, 7) is 7.41. The smallest absolute Gasteiger partial charge is 0.120 e. The molecule has 0 aliphatic rings. The van der Waals surface area contributed by atoms with E-state index in [1.807, 2.05) is 25.2 Å². The van der Waals surface area contributed by atoms with Gasteiger partial charge in [-0.25, -0.2) is 0 Å². The Labute approximate surface area is 174 Å². The molecule has 4 nitrogen and oxygen atoms in total. The number of hydrogen-bond acceptors (Lipinski definition) is 4. The van der Waals surface area contributed by atoms with Gasteiger partial charge >= 0.3 is 0 Å². The lowest BCUT2D eigenvalue weighted by atomic mass is 10.1. The maximum Gasteiger partial charge on any atom is 0.120 e. The van der Waals surface area contributed by atoms with Crippen LogP contribution < -0.4 is 10.1 Å². The molecular formula is C25H33NO3. The minimum absolute atomic E-state index is 0.562. The van der Waals surface area contributed by atoms with Crippen molar-refractivity contribution in [3.8, 4) is 5.75 Å². The molecule has 0 heterocycles. The van der Waals surface area contributed by atoms with Crippen LogP contribution in [0.1, 0.15) is 18.9 Å². The second-order valence-electron chi connectivity index (χ2n) is 6.70. The molecule has 0 fully saturated rings. The third kappa shape index (κ3) is 8.99. The number of ether oxygens (including phenoxy) is 3. The molecule has 156 valence electrons. The van der Waals surface area contributed by atoms with Crippen molar-refractivity contribution in [2.75, 3.05) is 45.4 Å². The fourth-order valence-electron chi connectivity index (χ4n) is 2.66. The van der Waals surface area contributed by atoms with Gasteiger partial charge in [0.05, 0.1) is 19.8 Å². The summed E-state index contributed by atoms with van der Waals surface area (Å²) in [4.78, 5) is 0. The summed E-state index contributed by atoms with van der Waals surface area (Å²) in [5, 5.41) is 5.47. The molecule has 0 unspecified atom stereocenters. The van der Waals surface area contributed by atoms with Gasteiger partial charge in [0.25, 0.3) is 0 Å². The molecule has 3 rings (SSSR count). The zero-order valence-corrected chi connectivity index (χ0v) is 17.8. The Kier molecular flexibility index (Phi) is 10.6. The third-order valence-electron chi connectivity index (χ3n) is 4.28. The summed E-state index contributed by atoms with van der Waals surface area (Å²) in [6.07, 6.45) is 1.05. The Balaban J connectivity index is 0.000000278. The number of nitrogens with one attached hydrogen (secondary N) is 1. The van der Waals surface area contributed by atoms with Gasteiger partial charge in [0.15, 0.2) is 0 Å².